The summed E-state index contributed by atoms with van der Waals surface area (Å²) in [6.45, 7) is 7.36. The molecule has 160 valence electrons. The van der Waals surface area contributed by atoms with E-state index in [1.54, 1.807) is 0 Å². The standard InChI is InChI=1S/C22H34N6.HI/c1-19-6-3-4-13-28(19)14-5-11-25-22(23-2)26-16-20-7-9-21(10-8-20)17-27-15-12-24-18-27;/h7-10,12,15,18-19H,3-6,11,13-14,16-17H2,1-2H3,(H2,23,25,26);1H. The molecule has 1 unspecified atom stereocenters. The molecule has 7 heteroatoms. The van der Waals surface area contributed by atoms with Gasteiger partial charge in [-0.05, 0) is 43.9 Å². The number of halogens is 1. The smallest absolute Gasteiger partial charge is 0.191 e. The second-order valence-corrected chi connectivity index (χ2v) is 7.64. The average Bonchev–Trinajstić information content (AvgIpc) is 3.23. The fourth-order valence-electron chi connectivity index (χ4n) is 3.74. The minimum absolute atomic E-state index is 0. The van der Waals surface area contributed by atoms with Gasteiger partial charge in [-0.25, -0.2) is 4.98 Å². The van der Waals surface area contributed by atoms with Crippen LogP contribution in [0.4, 0.5) is 0 Å². The predicted octanol–water partition coefficient (Wildman–Crippen LogP) is 3.48. The molecule has 2 N–H and O–H groups in total. The molecule has 29 heavy (non-hydrogen) atoms. The van der Waals surface area contributed by atoms with Gasteiger partial charge in [0.25, 0.3) is 0 Å². The van der Waals surface area contributed by atoms with Crippen molar-refractivity contribution < 1.29 is 0 Å². The monoisotopic (exact) mass is 510 g/mol. The number of aromatic nitrogens is 2. The van der Waals surface area contributed by atoms with Crippen LogP contribution in [0.1, 0.15) is 43.7 Å². The van der Waals surface area contributed by atoms with E-state index in [-0.39, 0.29) is 24.0 Å². The van der Waals surface area contributed by atoms with Gasteiger partial charge in [0.15, 0.2) is 5.96 Å². The Labute approximate surface area is 192 Å². The van der Waals surface area contributed by atoms with Crippen LogP contribution in [0.2, 0.25) is 0 Å². The molecule has 1 aliphatic heterocycles. The quantitative estimate of drug-likeness (QED) is 0.247. The van der Waals surface area contributed by atoms with Gasteiger partial charge in [0.05, 0.1) is 6.33 Å². The first-order valence-electron chi connectivity index (χ1n) is 10.5. The molecule has 0 bridgehead atoms. The van der Waals surface area contributed by atoms with Crippen LogP contribution in [-0.2, 0) is 13.1 Å². The van der Waals surface area contributed by atoms with Gasteiger partial charge in [-0.2, -0.15) is 0 Å². The highest BCUT2D eigenvalue weighted by atomic mass is 127. The molecule has 0 aliphatic carbocycles. The predicted molar refractivity (Wildman–Crippen MR) is 131 cm³/mol. The van der Waals surface area contributed by atoms with Crippen LogP contribution in [0.3, 0.4) is 0 Å². The maximum Gasteiger partial charge on any atom is 0.191 e. The molecule has 0 radical (unpaired) electrons. The third kappa shape index (κ3) is 7.97. The van der Waals surface area contributed by atoms with Crippen molar-refractivity contribution in [3.05, 3.63) is 54.1 Å². The number of piperidine rings is 1. The number of guanidine groups is 1. The van der Waals surface area contributed by atoms with Crippen LogP contribution in [0, 0.1) is 0 Å². The Morgan fingerprint density at radius 3 is 2.66 bits per heavy atom. The number of imidazole rings is 1. The zero-order chi connectivity index (χ0) is 19.6. The molecule has 2 heterocycles. The van der Waals surface area contributed by atoms with E-state index in [1.807, 2.05) is 25.8 Å². The Morgan fingerprint density at radius 2 is 1.97 bits per heavy atom. The van der Waals surface area contributed by atoms with Gasteiger partial charge in [-0.15, -0.1) is 24.0 Å². The lowest BCUT2D eigenvalue weighted by Crippen LogP contribution is -2.41. The van der Waals surface area contributed by atoms with Crippen molar-refractivity contribution in [3.63, 3.8) is 0 Å². The van der Waals surface area contributed by atoms with Crippen LogP contribution in [0.25, 0.3) is 0 Å². The van der Waals surface area contributed by atoms with Crippen LogP contribution in [0.5, 0.6) is 0 Å². The normalized spacial score (nSPS) is 17.6. The second-order valence-electron chi connectivity index (χ2n) is 7.64. The molecule has 0 amide bonds. The summed E-state index contributed by atoms with van der Waals surface area (Å²) < 4.78 is 2.07. The number of nitrogens with zero attached hydrogens (tertiary/aromatic N) is 4. The highest BCUT2D eigenvalue weighted by molar-refractivity contribution is 14.0. The summed E-state index contributed by atoms with van der Waals surface area (Å²) in [7, 11) is 1.83. The van der Waals surface area contributed by atoms with E-state index in [1.165, 1.54) is 43.5 Å². The van der Waals surface area contributed by atoms with Crippen LogP contribution in [-0.4, -0.2) is 53.1 Å². The van der Waals surface area contributed by atoms with Crippen molar-refractivity contribution >= 4 is 29.9 Å². The highest BCUT2D eigenvalue weighted by Gasteiger charge is 2.17. The second kappa shape index (κ2) is 12.8. The first kappa shape index (κ1) is 23.7. The van der Waals surface area contributed by atoms with Crippen LogP contribution >= 0.6 is 24.0 Å². The van der Waals surface area contributed by atoms with Crippen molar-refractivity contribution in [1.29, 1.82) is 0 Å². The molecule has 6 nitrogen and oxygen atoms in total. The summed E-state index contributed by atoms with van der Waals surface area (Å²) in [4.78, 5) is 11.0. The van der Waals surface area contributed by atoms with Crippen molar-refractivity contribution in [2.45, 2.75) is 51.7 Å². The van der Waals surface area contributed by atoms with E-state index in [0.717, 1.165) is 38.1 Å². The lowest BCUT2D eigenvalue weighted by molar-refractivity contribution is 0.159. The third-order valence-corrected chi connectivity index (χ3v) is 5.49. The lowest BCUT2D eigenvalue weighted by Gasteiger charge is -2.33. The summed E-state index contributed by atoms with van der Waals surface area (Å²) in [5, 5.41) is 6.85. The van der Waals surface area contributed by atoms with Crippen molar-refractivity contribution in [2.24, 2.45) is 4.99 Å². The van der Waals surface area contributed by atoms with Crippen LogP contribution in [0.15, 0.2) is 48.0 Å². The minimum Gasteiger partial charge on any atom is -0.356 e. The maximum absolute atomic E-state index is 4.34. The SMILES string of the molecule is CN=C(NCCCN1CCCCC1C)NCc1ccc(Cn2ccnc2)cc1.I. The number of hydrogen-bond acceptors (Lipinski definition) is 3. The maximum atomic E-state index is 4.34. The van der Waals surface area contributed by atoms with Gasteiger partial charge in [-0.3, -0.25) is 4.99 Å². The Hall–Kier alpha value is -1.61. The summed E-state index contributed by atoms with van der Waals surface area (Å²) in [5.41, 5.74) is 2.52. The topological polar surface area (TPSA) is 57.5 Å². The van der Waals surface area contributed by atoms with Gasteiger partial charge < -0.3 is 20.1 Å². The average molecular weight is 510 g/mol. The molecule has 3 rings (SSSR count). The molecular weight excluding hydrogens is 475 g/mol. The van der Waals surface area contributed by atoms with Gasteiger partial charge in [-0.1, -0.05) is 30.7 Å². The minimum atomic E-state index is 0. The number of likely N-dealkylation sites (tertiary alicyclic amines) is 1. The fourth-order valence-corrected chi connectivity index (χ4v) is 3.74. The van der Waals surface area contributed by atoms with E-state index in [0.29, 0.717) is 0 Å². The number of aliphatic imine (C=N–C) groups is 1. The highest BCUT2D eigenvalue weighted by Crippen LogP contribution is 2.16. The first-order valence-corrected chi connectivity index (χ1v) is 10.5. The van der Waals surface area contributed by atoms with E-state index < -0.39 is 0 Å². The van der Waals surface area contributed by atoms with Gasteiger partial charge in [0.2, 0.25) is 0 Å². The molecule has 1 aromatic heterocycles. The van der Waals surface area contributed by atoms with Crippen molar-refractivity contribution in [3.8, 4) is 0 Å². The Balaban J connectivity index is 0.00000300. The molecule has 0 saturated carbocycles. The summed E-state index contributed by atoms with van der Waals surface area (Å²) in [6.07, 6.45) is 10.9. The van der Waals surface area contributed by atoms with Crippen molar-refractivity contribution in [2.75, 3.05) is 26.7 Å². The van der Waals surface area contributed by atoms with E-state index in [4.69, 9.17) is 0 Å². The summed E-state index contributed by atoms with van der Waals surface area (Å²) >= 11 is 0. The fraction of sp³-hybridized carbons (Fsp3) is 0.545. The Morgan fingerprint density at radius 1 is 1.17 bits per heavy atom. The molecule has 2 aromatic rings. The zero-order valence-electron chi connectivity index (χ0n) is 17.7. The van der Waals surface area contributed by atoms with Gasteiger partial charge in [0.1, 0.15) is 0 Å². The largest absolute Gasteiger partial charge is 0.356 e. The van der Waals surface area contributed by atoms with Crippen molar-refractivity contribution in [1.82, 2.24) is 25.1 Å². The molecule has 1 fully saturated rings. The number of nitrogens with one attached hydrogen (secondary N) is 2. The molecule has 1 aromatic carbocycles. The number of benzene rings is 1. The summed E-state index contributed by atoms with van der Waals surface area (Å²) in [5.74, 6) is 0.870. The molecular formula is C22H35IN6. The molecule has 1 saturated heterocycles. The van der Waals surface area contributed by atoms with Gasteiger partial charge >= 0.3 is 0 Å². The lowest BCUT2D eigenvalue weighted by atomic mass is 10.0. The molecule has 0 spiro atoms. The zero-order valence-corrected chi connectivity index (χ0v) is 20.0. The van der Waals surface area contributed by atoms with E-state index in [2.05, 4.69) is 61.3 Å². The molecule has 1 aliphatic rings. The van der Waals surface area contributed by atoms with E-state index in [9.17, 15) is 0 Å². The first-order chi connectivity index (χ1) is 13.7. The van der Waals surface area contributed by atoms with E-state index >= 15 is 0 Å². The Kier molecular flexibility index (Phi) is 10.5. The summed E-state index contributed by atoms with van der Waals surface area (Å²) in [6, 6.07) is 9.43. The Bertz CT molecular complexity index is 713. The number of hydrogen-bond donors (Lipinski definition) is 2. The number of rotatable bonds is 8. The van der Waals surface area contributed by atoms with Crippen LogP contribution < -0.4 is 10.6 Å². The third-order valence-electron chi connectivity index (χ3n) is 5.49. The van der Waals surface area contributed by atoms with Gasteiger partial charge in [0, 0.05) is 51.7 Å². The molecule has 1 atom stereocenters.